The van der Waals surface area contributed by atoms with Crippen molar-refractivity contribution in [1.82, 2.24) is 4.90 Å². The Labute approximate surface area is 106 Å². The third kappa shape index (κ3) is 2.53. The number of amides is 1. The number of thiophene rings is 1. The van der Waals surface area contributed by atoms with Crippen LogP contribution in [0.25, 0.3) is 0 Å². The lowest BCUT2D eigenvalue weighted by molar-refractivity contribution is 0.00622. The normalized spacial score (nSPS) is 16.1. The van der Waals surface area contributed by atoms with E-state index in [0.717, 1.165) is 24.1 Å². The molecule has 0 aliphatic carbocycles. The van der Waals surface area contributed by atoms with Crippen molar-refractivity contribution < 1.29 is 9.90 Å². The molecule has 2 rings (SSSR count). The van der Waals surface area contributed by atoms with Crippen LogP contribution in [0.1, 0.15) is 40.4 Å². The molecule has 1 aliphatic rings. The second kappa shape index (κ2) is 5.19. The summed E-state index contributed by atoms with van der Waals surface area (Å²) in [6, 6.07) is 2.03. The van der Waals surface area contributed by atoms with E-state index >= 15 is 0 Å². The Morgan fingerprint density at radius 1 is 1.53 bits per heavy atom. The van der Waals surface area contributed by atoms with Crippen molar-refractivity contribution in [3.05, 3.63) is 21.4 Å². The number of carbonyl (C=O) groups excluding carboxylic acids is 1. The number of rotatable bonds is 4. The van der Waals surface area contributed by atoms with E-state index in [1.807, 2.05) is 6.07 Å². The van der Waals surface area contributed by atoms with Gasteiger partial charge in [-0.3, -0.25) is 4.79 Å². The maximum atomic E-state index is 12.1. The first-order valence-corrected chi connectivity index (χ1v) is 7.06. The highest BCUT2D eigenvalue weighted by Gasteiger charge is 2.30. The van der Waals surface area contributed by atoms with Gasteiger partial charge < -0.3 is 10.0 Å². The smallest absolute Gasteiger partial charge is 0.264 e. The SMILES string of the molecule is CCCc1sc(C(=O)N2CC(O)C2)cc1CC. The van der Waals surface area contributed by atoms with Crippen LogP contribution < -0.4 is 0 Å². The number of aliphatic hydroxyl groups excluding tert-OH is 1. The summed E-state index contributed by atoms with van der Waals surface area (Å²) in [5.74, 6) is 0.0809. The minimum Gasteiger partial charge on any atom is -0.389 e. The quantitative estimate of drug-likeness (QED) is 0.892. The molecule has 0 aromatic carbocycles. The average molecular weight is 253 g/mol. The fourth-order valence-corrected chi connectivity index (χ4v) is 3.41. The van der Waals surface area contributed by atoms with Crippen molar-refractivity contribution in [2.24, 2.45) is 0 Å². The van der Waals surface area contributed by atoms with Gasteiger partial charge in [-0.15, -0.1) is 11.3 Å². The minimum atomic E-state index is -0.320. The van der Waals surface area contributed by atoms with Crippen LogP contribution in [-0.2, 0) is 12.8 Å². The summed E-state index contributed by atoms with van der Waals surface area (Å²) in [7, 11) is 0. The highest BCUT2D eigenvalue weighted by Crippen LogP contribution is 2.27. The van der Waals surface area contributed by atoms with Crippen molar-refractivity contribution in [1.29, 1.82) is 0 Å². The molecule has 4 heteroatoms. The molecule has 1 aromatic rings. The number of hydrogen-bond donors (Lipinski definition) is 1. The van der Waals surface area contributed by atoms with Crippen molar-refractivity contribution >= 4 is 17.2 Å². The van der Waals surface area contributed by atoms with Crippen molar-refractivity contribution in [3.63, 3.8) is 0 Å². The van der Waals surface area contributed by atoms with Gasteiger partial charge in [0, 0.05) is 18.0 Å². The second-order valence-electron chi connectivity index (χ2n) is 4.53. The van der Waals surface area contributed by atoms with E-state index in [-0.39, 0.29) is 12.0 Å². The predicted octanol–water partition coefficient (Wildman–Crippen LogP) is 2.08. The van der Waals surface area contributed by atoms with Crippen LogP contribution in [-0.4, -0.2) is 35.1 Å². The average Bonchev–Trinajstić information content (AvgIpc) is 2.68. The molecule has 94 valence electrons. The molecular formula is C13H19NO2S. The molecule has 1 N–H and O–H groups in total. The van der Waals surface area contributed by atoms with Crippen molar-refractivity contribution in [3.8, 4) is 0 Å². The van der Waals surface area contributed by atoms with E-state index in [1.165, 1.54) is 10.4 Å². The lowest BCUT2D eigenvalue weighted by Crippen LogP contribution is -2.53. The standard InChI is InChI=1S/C13H19NO2S/c1-3-5-11-9(4-2)6-12(17-11)13(16)14-7-10(15)8-14/h6,10,15H,3-5,7-8H2,1-2H3. The molecule has 1 saturated heterocycles. The van der Waals surface area contributed by atoms with Crippen LogP contribution in [0.4, 0.5) is 0 Å². The number of nitrogens with zero attached hydrogens (tertiary/aromatic N) is 1. The fourth-order valence-electron chi connectivity index (χ4n) is 2.09. The van der Waals surface area contributed by atoms with E-state index < -0.39 is 0 Å². The number of likely N-dealkylation sites (tertiary alicyclic amines) is 1. The number of hydrogen-bond acceptors (Lipinski definition) is 3. The lowest BCUT2D eigenvalue weighted by Gasteiger charge is -2.35. The zero-order valence-corrected chi connectivity index (χ0v) is 11.2. The van der Waals surface area contributed by atoms with Gasteiger partial charge in [0.05, 0.1) is 11.0 Å². The molecule has 0 radical (unpaired) electrons. The summed E-state index contributed by atoms with van der Waals surface area (Å²) < 4.78 is 0. The maximum Gasteiger partial charge on any atom is 0.264 e. The molecule has 0 spiro atoms. The summed E-state index contributed by atoms with van der Waals surface area (Å²) in [4.78, 5) is 16.0. The summed E-state index contributed by atoms with van der Waals surface area (Å²) in [6.45, 7) is 5.26. The Morgan fingerprint density at radius 2 is 2.24 bits per heavy atom. The van der Waals surface area contributed by atoms with E-state index in [2.05, 4.69) is 13.8 Å². The van der Waals surface area contributed by atoms with Gasteiger partial charge in [0.25, 0.3) is 5.91 Å². The molecule has 1 aromatic heterocycles. The Kier molecular flexibility index (Phi) is 3.84. The van der Waals surface area contributed by atoms with Crippen LogP contribution in [0, 0.1) is 0 Å². The molecule has 0 saturated carbocycles. The number of aryl methyl sites for hydroxylation is 2. The van der Waals surface area contributed by atoms with Crippen LogP contribution in [0.2, 0.25) is 0 Å². The monoisotopic (exact) mass is 253 g/mol. The lowest BCUT2D eigenvalue weighted by atomic mass is 10.1. The molecule has 17 heavy (non-hydrogen) atoms. The van der Waals surface area contributed by atoms with E-state index in [0.29, 0.717) is 13.1 Å². The van der Waals surface area contributed by atoms with E-state index in [4.69, 9.17) is 0 Å². The highest BCUT2D eigenvalue weighted by molar-refractivity contribution is 7.14. The Morgan fingerprint density at radius 3 is 2.76 bits per heavy atom. The number of aliphatic hydroxyl groups is 1. The van der Waals surface area contributed by atoms with Crippen LogP contribution in [0.3, 0.4) is 0 Å². The summed E-state index contributed by atoms with van der Waals surface area (Å²) in [5.41, 5.74) is 1.31. The van der Waals surface area contributed by atoms with Gasteiger partial charge >= 0.3 is 0 Å². The number of β-amino-alcohol motifs (C(OH)–C–C–N with tert-alkyl or cyclic N) is 1. The van der Waals surface area contributed by atoms with Gasteiger partial charge in [0.15, 0.2) is 0 Å². The van der Waals surface area contributed by atoms with Crippen molar-refractivity contribution in [2.45, 2.75) is 39.2 Å². The van der Waals surface area contributed by atoms with Gasteiger partial charge in [0.2, 0.25) is 0 Å². The van der Waals surface area contributed by atoms with Crippen LogP contribution >= 0.6 is 11.3 Å². The van der Waals surface area contributed by atoms with Gasteiger partial charge in [-0.1, -0.05) is 20.3 Å². The fraction of sp³-hybridized carbons (Fsp3) is 0.615. The molecular weight excluding hydrogens is 234 g/mol. The zero-order chi connectivity index (χ0) is 12.4. The topological polar surface area (TPSA) is 40.5 Å². The van der Waals surface area contributed by atoms with E-state index in [9.17, 15) is 9.90 Å². The second-order valence-corrected chi connectivity index (χ2v) is 5.66. The third-order valence-corrected chi connectivity index (χ3v) is 4.34. The van der Waals surface area contributed by atoms with Crippen molar-refractivity contribution in [2.75, 3.05) is 13.1 Å². The molecule has 1 aliphatic heterocycles. The largest absolute Gasteiger partial charge is 0.389 e. The molecule has 1 fully saturated rings. The first kappa shape index (κ1) is 12.6. The van der Waals surface area contributed by atoms with Gasteiger partial charge in [-0.25, -0.2) is 0 Å². The first-order chi connectivity index (χ1) is 8.15. The zero-order valence-electron chi connectivity index (χ0n) is 10.4. The van der Waals surface area contributed by atoms with Gasteiger partial charge in [0.1, 0.15) is 0 Å². The Hall–Kier alpha value is -0.870. The van der Waals surface area contributed by atoms with Crippen LogP contribution in [0.5, 0.6) is 0 Å². The van der Waals surface area contributed by atoms with E-state index in [1.54, 1.807) is 16.2 Å². The predicted molar refractivity (Wildman–Crippen MR) is 69.6 cm³/mol. The first-order valence-electron chi connectivity index (χ1n) is 6.24. The molecule has 0 atom stereocenters. The molecule has 0 bridgehead atoms. The van der Waals surface area contributed by atoms with Gasteiger partial charge in [-0.2, -0.15) is 0 Å². The Bertz CT molecular complexity index is 408. The molecule has 2 heterocycles. The molecule has 1 amide bonds. The molecule has 0 unspecified atom stereocenters. The third-order valence-electron chi connectivity index (χ3n) is 3.11. The highest BCUT2D eigenvalue weighted by atomic mass is 32.1. The molecule has 3 nitrogen and oxygen atoms in total. The maximum absolute atomic E-state index is 12.1. The summed E-state index contributed by atoms with van der Waals surface area (Å²) >= 11 is 1.62. The number of carbonyl (C=O) groups is 1. The summed E-state index contributed by atoms with van der Waals surface area (Å²) in [6.07, 6.45) is 2.84. The summed E-state index contributed by atoms with van der Waals surface area (Å²) in [5, 5.41) is 9.21. The Balaban J connectivity index is 2.12. The minimum absolute atomic E-state index is 0.0809. The van der Waals surface area contributed by atoms with Gasteiger partial charge in [-0.05, 0) is 24.5 Å². The van der Waals surface area contributed by atoms with Crippen LogP contribution in [0.15, 0.2) is 6.07 Å².